The maximum Gasteiger partial charge on any atom is 0.400 e. The van der Waals surface area contributed by atoms with Gasteiger partial charge in [0.25, 0.3) is 0 Å². The highest BCUT2D eigenvalue weighted by molar-refractivity contribution is 7.80. The van der Waals surface area contributed by atoms with Crippen LogP contribution in [-0.2, 0) is 14.6 Å². The van der Waals surface area contributed by atoms with E-state index in [1.165, 1.54) is 5.56 Å². The third kappa shape index (κ3) is 8.02. The number of ether oxygens (including phenoxy) is 1. The molecule has 4 rings (SSSR count). The summed E-state index contributed by atoms with van der Waals surface area (Å²) in [6, 6.07) is 34.8. The summed E-state index contributed by atoms with van der Waals surface area (Å²) in [4.78, 5) is 0. The number of rotatable bonds is 10. The first-order chi connectivity index (χ1) is 17.7. The summed E-state index contributed by atoms with van der Waals surface area (Å²) in [6.07, 6.45) is 0. The molecule has 0 aliphatic carbocycles. The zero-order valence-electron chi connectivity index (χ0n) is 21.2. The van der Waals surface area contributed by atoms with Gasteiger partial charge >= 0.3 is 10.4 Å². The Hall–Kier alpha value is -3.45. The van der Waals surface area contributed by atoms with E-state index < -0.39 is 17.2 Å². The number of benzene rings is 4. The van der Waals surface area contributed by atoms with Crippen LogP contribution in [0.5, 0.6) is 5.75 Å². The van der Waals surface area contributed by atoms with Crippen LogP contribution in [0.3, 0.4) is 0 Å². The highest BCUT2D eigenvalue weighted by Gasteiger charge is 2.25. The van der Waals surface area contributed by atoms with Gasteiger partial charge in [-0.2, -0.15) is 8.42 Å². The fourth-order valence-corrected chi connectivity index (χ4v) is 4.85. The average Bonchev–Trinajstić information content (AvgIpc) is 2.92. The second kappa shape index (κ2) is 14.1. The Morgan fingerprint density at radius 3 is 1.33 bits per heavy atom. The maximum atomic E-state index is 11.3. The summed E-state index contributed by atoms with van der Waals surface area (Å²) in [5.74, 6) is 0.575. The Balaban J connectivity index is 0.00000267. The van der Waals surface area contributed by atoms with E-state index in [0.29, 0.717) is 5.75 Å². The fourth-order valence-electron chi connectivity index (χ4n) is 4.68. The first-order valence-corrected chi connectivity index (χ1v) is 13.7. The van der Waals surface area contributed by atoms with E-state index in [-0.39, 0.29) is 32.6 Å². The summed E-state index contributed by atoms with van der Waals surface area (Å²) in [5, 5.41) is 0. The quantitative estimate of drug-likeness (QED) is 0.159. The molecule has 0 radical (unpaired) electrons. The molecule has 0 fully saturated rings. The van der Waals surface area contributed by atoms with Gasteiger partial charge in [0, 0.05) is 28.9 Å². The van der Waals surface area contributed by atoms with Crippen LogP contribution in [-0.4, -0.2) is 19.8 Å². The second-order valence-electron chi connectivity index (χ2n) is 9.23. The Kier molecular flexibility index (Phi) is 11.5. The van der Waals surface area contributed by atoms with Gasteiger partial charge in [0.15, 0.2) is 0 Å². The normalized spacial score (nSPS) is 13.3. The molecule has 0 saturated carbocycles. The third-order valence-corrected chi connectivity index (χ3v) is 7.29. The molecule has 0 spiro atoms. The molecule has 3 unspecified atom stereocenters. The largest absolute Gasteiger partial charge is 0.466 e. The molecule has 0 amide bonds. The lowest BCUT2D eigenvalue weighted by atomic mass is 9.81. The number of hydrogen-bond acceptors (Lipinski definition) is 4. The maximum absolute atomic E-state index is 11.3. The van der Waals surface area contributed by atoms with Crippen LogP contribution in [0.25, 0.3) is 0 Å². The van der Waals surface area contributed by atoms with E-state index >= 15 is 0 Å². The van der Waals surface area contributed by atoms with E-state index in [1.54, 1.807) is 0 Å². The van der Waals surface area contributed by atoms with Crippen LogP contribution in [0.15, 0.2) is 103 Å². The SMILES string of the molecule is C.C.CC(c1ccccc1)c1cc(C(C)c2ccccc2)c(OCOS(=O)(=O)O)c(C(C)c2ccccc2)c1. The van der Waals surface area contributed by atoms with Crippen LogP contribution >= 0.6 is 0 Å². The third-order valence-electron chi connectivity index (χ3n) is 6.90. The van der Waals surface area contributed by atoms with Crippen molar-refractivity contribution in [1.29, 1.82) is 0 Å². The van der Waals surface area contributed by atoms with Gasteiger partial charge in [0.05, 0.1) is 0 Å². The highest BCUT2D eigenvalue weighted by Crippen LogP contribution is 2.42. The Morgan fingerprint density at radius 1 is 0.615 bits per heavy atom. The molecule has 1 N–H and O–H groups in total. The standard InChI is InChI=1S/C31H32O5S.2CH4/c1-22(25-13-7-4-8-14-25)28-19-29(23(2)26-15-9-5-10-16-26)31(35-21-36-37(32,33)34)30(20-28)24(3)27-17-11-6-12-18-27;;/h4-20,22-24H,21H2,1-3H3,(H,32,33,34);2*1H4. The lowest BCUT2D eigenvalue weighted by Gasteiger charge is -2.26. The summed E-state index contributed by atoms with van der Waals surface area (Å²) in [7, 11) is -4.65. The molecule has 39 heavy (non-hydrogen) atoms. The molecule has 4 aromatic rings. The smallest absolute Gasteiger partial charge is 0.400 e. The van der Waals surface area contributed by atoms with Gasteiger partial charge < -0.3 is 4.74 Å². The van der Waals surface area contributed by atoms with Crippen LogP contribution in [0, 0.1) is 0 Å². The molecular formula is C33H40O5S. The van der Waals surface area contributed by atoms with E-state index in [0.717, 1.165) is 27.8 Å². The topological polar surface area (TPSA) is 72.8 Å². The van der Waals surface area contributed by atoms with Crippen molar-refractivity contribution in [2.45, 2.75) is 53.4 Å². The molecule has 0 bridgehead atoms. The van der Waals surface area contributed by atoms with Crippen LogP contribution in [0.1, 0.15) is 86.8 Å². The van der Waals surface area contributed by atoms with Gasteiger partial charge in [-0.05, 0) is 22.3 Å². The Morgan fingerprint density at radius 2 is 0.974 bits per heavy atom. The van der Waals surface area contributed by atoms with Crippen molar-refractivity contribution < 1.29 is 21.9 Å². The van der Waals surface area contributed by atoms with Crippen LogP contribution in [0.2, 0.25) is 0 Å². The molecule has 0 aromatic heterocycles. The van der Waals surface area contributed by atoms with Crippen molar-refractivity contribution in [3.63, 3.8) is 0 Å². The van der Waals surface area contributed by atoms with E-state index in [1.807, 2.05) is 54.6 Å². The molecule has 6 heteroatoms. The van der Waals surface area contributed by atoms with Crippen molar-refractivity contribution in [2.75, 3.05) is 6.79 Å². The van der Waals surface area contributed by atoms with Crippen LogP contribution in [0.4, 0.5) is 0 Å². The molecule has 208 valence electrons. The van der Waals surface area contributed by atoms with Gasteiger partial charge in [-0.25, -0.2) is 4.18 Å². The van der Waals surface area contributed by atoms with E-state index in [9.17, 15) is 8.42 Å². The second-order valence-corrected chi connectivity index (χ2v) is 10.3. The summed E-state index contributed by atoms with van der Waals surface area (Å²) in [5.41, 5.74) is 6.37. The fraction of sp³-hybridized carbons (Fsp3) is 0.273. The van der Waals surface area contributed by atoms with Crippen molar-refractivity contribution in [3.8, 4) is 5.75 Å². The monoisotopic (exact) mass is 548 g/mol. The number of hydrogen-bond donors (Lipinski definition) is 1. The lowest BCUT2D eigenvalue weighted by molar-refractivity contribution is 0.109. The van der Waals surface area contributed by atoms with E-state index in [2.05, 4.69) is 73.5 Å². The molecule has 0 aliphatic heterocycles. The predicted octanol–water partition coefficient (Wildman–Crippen LogP) is 8.57. The predicted molar refractivity (Wildman–Crippen MR) is 160 cm³/mol. The molecule has 3 atom stereocenters. The van der Waals surface area contributed by atoms with Gasteiger partial charge in [0.1, 0.15) is 5.75 Å². The minimum atomic E-state index is -4.65. The Labute approximate surface area is 234 Å². The van der Waals surface area contributed by atoms with Crippen molar-refractivity contribution in [2.24, 2.45) is 0 Å². The molecular weight excluding hydrogens is 508 g/mol. The zero-order chi connectivity index (χ0) is 26.4. The van der Waals surface area contributed by atoms with Crippen molar-refractivity contribution in [1.82, 2.24) is 0 Å². The molecule has 0 saturated heterocycles. The van der Waals surface area contributed by atoms with Gasteiger partial charge in [-0.15, -0.1) is 0 Å². The van der Waals surface area contributed by atoms with E-state index in [4.69, 9.17) is 9.29 Å². The van der Waals surface area contributed by atoms with Gasteiger partial charge in [0.2, 0.25) is 6.79 Å². The van der Waals surface area contributed by atoms with Gasteiger partial charge in [-0.3, -0.25) is 4.55 Å². The summed E-state index contributed by atoms with van der Waals surface area (Å²) in [6.45, 7) is 5.76. The summed E-state index contributed by atoms with van der Waals surface area (Å²) < 4.78 is 42.2. The summed E-state index contributed by atoms with van der Waals surface area (Å²) >= 11 is 0. The molecule has 5 nitrogen and oxygen atoms in total. The molecule has 4 aromatic carbocycles. The highest BCUT2D eigenvalue weighted by atomic mass is 32.3. The first-order valence-electron chi connectivity index (χ1n) is 12.3. The Bertz CT molecular complexity index is 1340. The van der Waals surface area contributed by atoms with Gasteiger partial charge in [-0.1, -0.05) is 139 Å². The lowest BCUT2D eigenvalue weighted by Crippen LogP contribution is -2.14. The average molecular weight is 549 g/mol. The van der Waals surface area contributed by atoms with Crippen molar-refractivity contribution in [3.05, 3.63) is 137 Å². The van der Waals surface area contributed by atoms with Crippen LogP contribution < -0.4 is 4.74 Å². The zero-order valence-corrected chi connectivity index (χ0v) is 22.1. The minimum absolute atomic E-state index is 0. The molecule has 0 heterocycles. The van der Waals surface area contributed by atoms with Crippen molar-refractivity contribution >= 4 is 10.4 Å². The minimum Gasteiger partial charge on any atom is -0.466 e. The molecule has 0 aliphatic rings. The first kappa shape index (κ1) is 31.8.